The molecule has 1 heterocycles. The van der Waals surface area contributed by atoms with Crippen LogP contribution in [0.15, 0.2) is 59.8 Å². The number of hydrogen-bond acceptors (Lipinski definition) is 7. The number of methoxy groups -OCH3 is 1. The highest BCUT2D eigenvalue weighted by Gasteiger charge is 2.16. The van der Waals surface area contributed by atoms with Gasteiger partial charge in [-0.15, -0.1) is 5.10 Å². The highest BCUT2D eigenvalue weighted by atomic mass is 32.2. The van der Waals surface area contributed by atoms with E-state index in [4.69, 9.17) is 0 Å². The number of hydrogen-bond donors (Lipinski definition) is 1. The summed E-state index contributed by atoms with van der Waals surface area (Å²) < 4.78 is 33.6. The summed E-state index contributed by atoms with van der Waals surface area (Å²) in [5.41, 5.74) is 0.983. The number of ether oxygens (including phenoxy) is 1. The van der Waals surface area contributed by atoms with Gasteiger partial charge >= 0.3 is 5.97 Å². The largest absolute Gasteiger partial charge is 0.465 e. The molecule has 9 nitrogen and oxygen atoms in total. The van der Waals surface area contributed by atoms with Gasteiger partial charge in [0.2, 0.25) is 0 Å². The first-order valence-corrected chi connectivity index (χ1v) is 8.52. The molecule has 3 rings (SSSR count). The summed E-state index contributed by atoms with van der Waals surface area (Å²) >= 11 is 0. The van der Waals surface area contributed by atoms with Crippen LogP contribution in [-0.2, 0) is 14.8 Å². The zero-order chi connectivity index (χ0) is 17.9. The van der Waals surface area contributed by atoms with Crippen molar-refractivity contribution in [2.45, 2.75) is 4.90 Å². The number of benzene rings is 2. The first kappa shape index (κ1) is 16.6. The molecular formula is C15H13N5O4S. The molecule has 1 aromatic heterocycles. The highest BCUT2D eigenvalue weighted by Crippen LogP contribution is 2.19. The van der Waals surface area contributed by atoms with Crippen molar-refractivity contribution in [3.8, 4) is 5.69 Å². The number of nitrogens with zero attached hydrogens (tertiary/aromatic N) is 4. The van der Waals surface area contributed by atoms with Gasteiger partial charge in [0.1, 0.15) is 6.33 Å². The Bertz CT molecular complexity index is 1000. The number of anilines is 1. The molecule has 0 spiro atoms. The van der Waals surface area contributed by atoms with E-state index in [1.54, 1.807) is 18.2 Å². The Morgan fingerprint density at radius 1 is 1.16 bits per heavy atom. The van der Waals surface area contributed by atoms with Gasteiger partial charge in [-0.05, 0) is 46.8 Å². The third-order valence-electron chi connectivity index (χ3n) is 3.28. The molecule has 0 unspecified atom stereocenters. The Hall–Kier alpha value is -3.27. The quantitative estimate of drug-likeness (QED) is 0.681. The smallest absolute Gasteiger partial charge is 0.337 e. The van der Waals surface area contributed by atoms with Crippen molar-refractivity contribution in [1.29, 1.82) is 0 Å². The lowest BCUT2D eigenvalue weighted by Gasteiger charge is -2.10. The van der Waals surface area contributed by atoms with E-state index in [1.807, 2.05) is 0 Å². The molecule has 0 saturated carbocycles. The van der Waals surface area contributed by atoms with Crippen LogP contribution in [0.2, 0.25) is 0 Å². The average Bonchev–Trinajstić information content (AvgIpc) is 3.16. The number of nitrogens with one attached hydrogen (secondary N) is 1. The summed E-state index contributed by atoms with van der Waals surface area (Å²) in [6, 6.07) is 12.2. The summed E-state index contributed by atoms with van der Waals surface area (Å²) in [7, 11) is -2.61. The summed E-state index contributed by atoms with van der Waals surface area (Å²) in [5.74, 6) is -0.554. The third-order valence-corrected chi connectivity index (χ3v) is 4.66. The highest BCUT2D eigenvalue weighted by molar-refractivity contribution is 7.92. The number of esters is 1. The molecule has 0 aliphatic heterocycles. The molecule has 0 atom stereocenters. The molecule has 0 fully saturated rings. The maximum Gasteiger partial charge on any atom is 0.337 e. The van der Waals surface area contributed by atoms with E-state index in [0.29, 0.717) is 5.69 Å². The molecule has 0 aliphatic carbocycles. The van der Waals surface area contributed by atoms with Crippen LogP contribution in [-0.4, -0.2) is 41.7 Å². The Labute approximate surface area is 143 Å². The van der Waals surface area contributed by atoms with Crippen LogP contribution in [0.3, 0.4) is 0 Å². The topological polar surface area (TPSA) is 116 Å². The van der Waals surface area contributed by atoms with Crippen LogP contribution < -0.4 is 4.72 Å². The van der Waals surface area contributed by atoms with Gasteiger partial charge in [0.25, 0.3) is 10.0 Å². The third kappa shape index (κ3) is 3.63. The molecule has 1 N–H and O–H groups in total. The lowest BCUT2D eigenvalue weighted by atomic mass is 10.2. The van der Waals surface area contributed by atoms with Gasteiger partial charge in [0.05, 0.1) is 23.3 Å². The number of sulfonamides is 1. The van der Waals surface area contributed by atoms with E-state index in [0.717, 1.165) is 0 Å². The van der Waals surface area contributed by atoms with Crippen LogP contribution in [0, 0.1) is 0 Å². The van der Waals surface area contributed by atoms with Crippen molar-refractivity contribution in [3.05, 3.63) is 60.4 Å². The fourth-order valence-corrected chi connectivity index (χ4v) is 3.20. The molecule has 0 saturated heterocycles. The molecule has 3 aromatic rings. The SMILES string of the molecule is COC(=O)c1cccc(NS(=O)(=O)c2cccc(-n3cnnn3)c2)c1. The second-order valence-corrected chi connectivity index (χ2v) is 6.61. The van der Waals surface area contributed by atoms with Crippen LogP contribution in [0.25, 0.3) is 5.69 Å². The minimum Gasteiger partial charge on any atom is -0.465 e. The fraction of sp³-hybridized carbons (Fsp3) is 0.0667. The second-order valence-electron chi connectivity index (χ2n) is 4.93. The standard InChI is InChI=1S/C15H13N5O4S/c1-24-15(21)11-4-2-5-12(8-11)17-25(22,23)14-7-3-6-13(9-14)20-10-16-18-19-20/h2-10,17H,1H3. The van der Waals surface area contributed by atoms with Gasteiger partial charge in [0, 0.05) is 5.69 Å². The van der Waals surface area contributed by atoms with Crippen LogP contribution in [0.4, 0.5) is 5.69 Å². The van der Waals surface area contributed by atoms with E-state index >= 15 is 0 Å². The number of carbonyl (C=O) groups is 1. The molecular weight excluding hydrogens is 346 g/mol. The molecule has 0 aliphatic rings. The summed E-state index contributed by atoms with van der Waals surface area (Å²) in [5, 5.41) is 10.8. The Morgan fingerprint density at radius 2 is 1.96 bits per heavy atom. The lowest BCUT2D eigenvalue weighted by molar-refractivity contribution is 0.0601. The number of carbonyl (C=O) groups excluding carboxylic acids is 1. The molecule has 25 heavy (non-hydrogen) atoms. The zero-order valence-corrected chi connectivity index (χ0v) is 13.8. The summed E-state index contributed by atoms with van der Waals surface area (Å²) in [6.45, 7) is 0. The minimum atomic E-state index is -3.86. The minimum absolute atomic E-state index is 0.0315. The van der Waals surface area contributed by atoms with Gasteiger partial charge in [-0.3, -0.25) is 4.72 Å². The maximum absolute atomic E-state index is 12.6. The van der Waals surface area contributed by atoms with Crippen LogP contribution >= 0.6 is 0 Å². The van der Waals surface area contributed by atoms with Crippen molar-refractivity contribution >= 4 is 21.7 Å². The van der Waals surface area contributed by atoms with E-state index in [9.17, 15) is 13.2 Å². The van der Waals surface area contributed by atoms with Crippen molar-refractivity contribution < 1.29 is 17.9 Å². The monoisotopic (exact) mass is 359 g/mol. The maximum atomic E-state index is 12.6. The molecule has 0 amide bonds. The number of rotatable bonds is 5. The van der Waals surface area contributed by atoms with E-state index in [-0.39, 0.29) is 16.1 Å². The van der Waals surface area contributed by atoms with E-state index in [1.165, 1.54) is 48.5 Å². The average molecular weight is 359 g/mol. The molecule has 2 aromatic carbocycles. The van der Waals surface area contributed by atoms with Gasteiger partial charge in [-0.25, -0.2) is 17.9 Å². The van der Waals surface area contributed by atoms with Crippen molar-refractivity contribution in [2.24, 2.45) is 0 Å². The summed E-state index contributed by atoms with van der Waals surface area (Å²) in [4.78, 5) is 11.6. The Kier molecular flexibility index (Phi) is 4.44. The fourth-order valence-electron chi connectivity index (χ4n) is 2.11. The van der Waals surface area contributed by atoms with Crippen LogP contribution in [0.5, 0.6) is 0 Å². The van der Waals surface area contributed by atoms with Gasteiger partial charge in [-0.2, -0.15) is 0 Å². The van der Waals surface area contributed by atoms with Gasteiger partial charge in [0.15, 0.2) is 0 Å². The number of aromatic nitrogens is 4. The van der Waals surface area contributed by atoms with E-state index in [2.05, 4.69) is 25.0 Å². The summed E-state index contributed by atoms with van der Waals surface area (Å²) in [6.07, 6.45) is 1.36. The lowest BCUT2D eigenvalue weighted by Crippen LogP contribution is -2.14. The molecule has 0 bridgehead atoms. The molecule has 10 heteroatoms. The Morgan fingerprint density at radius 3 is 2.68 bits per heavy atom. The molecule has 0 radical (unpaired) electrons. The van der Waals surface area contributed by atoms with Crippen LogP contribution in [0.1, 0.15) is 10.4 Å². The first-order valence-electron chi connectivity index (χ1n) is 7.04. The van der Waals surface area contributed by atoms with Crippen molar-refractivity contribution in [2.75, 3.05) is 11.8 Å². The van der Waals surface area contributed by atoms with Crippen molar-refractivity contribution in [3.63, 3.8) is 0 Å². The number of tetrazole rings is 1. The molecule has 128 valence electrons. The second kappa shape index (κ2) is 6.69. The first-order chi connectivity index (χ1) is 12.0. The van der Waals surface area contributed by atoms with E-state index < -0.39 is 16.0 Å². The zero-order valence-electron chi connectivity index (χ0n) is 13.0. The Balaban J connectivity index is 1.90. The normalized spacial score (nSPS) is 11.1. The predicted molar refractivity (Wildman–Crippen MR) is 87.7 cm³/mol. The van der Waals surface area contributed by atoms with Gasteiger partial charge in [-0.1, -0.05) is 12.1 Å². The van der Waals surface area contributed by atoms with Gasteiger partial charge < -0.3 is 4.74 Å². The predicted octanol–water partition coefficient (Wildman–Crippen LogP) is 1.25. The van der Waals surface area contributed by atoms with Crippen molar-refractivity contribution in [1.82, 2.24) is 20.2 Å².